The van der Waals surface area contributed by atoms with E-state index in [1.165, 1.54) is 18.3 Å². The molecular weight excluding hydrogens is 370 g/mol. The number of nitrogens with one attached hydrogen (secondary N) is 1. The Bertz CT molecular complexity index is 880. The van der Waals surface area contributed by atoms with E-state index in [4.69, 9.17) is 14.0 Å². The first-order valence-corrected chi connectivity index (χ1v) is 9.05. The molecule has 3 aromatic rings. The SMILES string of the molecule is CC(NC(=O)COc1ccccc1)C(=O)OCc1nc(-c2ccsc2)no1. The van der Waals surface area contributed by atoms with E-state index < -0.39 is 17.9 Å². The standard InChI is InChI=1S/C18H17N3O5S/c1-12(19-15(22)9-24-14-5-3-2-4-6-14)18(23)25-10-16-20-17(21-26-16)13-7-8-27-11-13/h2-8,11-12H,9-10H2,1H3,(H,19,22). The number of carbonyl (C=O) groups excluding carboxylic acids is 2. The molecule has 0 fully saturated rings. The molecule has 0 aliphatic rings. The molecule has 0 saturated carbocycles. The third-order valence-corrected chi connectivity index (χ3v) is 4.11. The summed E-state index contributed by atoms with van der Waals surface area (Å²) in [6.45, 7) is 1.15. The van der Waals surface area contributed by atoms with Crippen molar-refractivity contribution in [1.29, 1.82) is 0 Å². The van der Waals surface area contributed by atoms with Crippen LogP contribution in [0.1, 0.15) is 12.8 Å². The monoisotopic (exact) mass is 387 g/mol. The summed E-state index contributed by atoms with van der Waals surface area (Å²) in [5.41, 5.74) is 0.834. The Labute approximate surface area is 159 Å². The van der Waals surface area contributed by atoms with E-state index >= 15 is 0 Å². The van der Waals surface area contributed by atoms with Gasteiger partial charge in [0.1, 0.15) is 11.8 Å². The molecule has 1 aromatic carbocycles. The summed E-state index contributed by atoms with van der Waals surface area (Å²) in [6, 6.07) is 9.94. The van der Waals surface area contributed by atoms with Crippen LogP contribution in [-0.4, -0.2) is 34.7 Å². The molecule has 0 bridgehead atoms. The number of esters is 1. The van der Waals surface area contributed by atoms with Crippen LogP contribution in [0, 0.1) is 0 Å². The molecule has 2 heterocycles. The summed E-state index contributed by atoms with van der Waals surface area (Å²) >= 11 is 1.52. The van der Waals surface area contributed by atoms with Crippen molar-refractivity contribution in [3.63, 3.8) is 0 Å². The third-order valence-electron chi connectivity index (χ3n) is 3.43. The Hall–Kier alpha value is -3.20. The van der Waals surface area contributed by atoms with E-state index in [-0.39, 0.29) is 19.1 Å². The van der Waals surface area contributed by atoms with Crippen molar-refractivity contribution < 1.29 is 23.6 Å². The highest BCUT2D eigenvalue weighted by atomic mass is 32.1. The quantitative estimate of drug-likeness (QED) is 0.592. The second-order valence-corrected chi connectivity index (χ2v) is 6.30. The summed E-state index contributed by atoms with van der Waals surface area (Å²) in [4.78, 5) is 28.0. The minimum atomic E-state index is -0.837. The molecule has 9 heteroatoms. The maximum atomic E-state index is 12.0. The van der Waals surface area contributed by atoms with E-state index in [0.29, 0.717) is 11.6 Å². The second kappa shape index (κ2) is 8.95. The van der Waals surface area contributed by atoms with Gasteiger partial charge in [0.15, 0.2) is 13.2 Å². The molecule has 8 nitrogen and oxygen atoms in total. The first-order valence-electron chi connectivity index (χ1n) is 8.11. The molecule has 0 radical (unpaired) electrons. The molecule has 1 atom stereocenters. The Morgan fingerprint density at radius 2 is 2.07 bits per heavy atom. The van der Waals surface area contributed by atoms with Crippen LogP contribution < -0.4 is 10.1 Å². The van der Waals surface area contributed by atoms with Gasteiger partial charge in [-0.05, 0) is 30.5 Å². The highest BCUT2D eigenvalue weighted by Gasteiger charge is 2.19. The van der Waals surface area contributed by atoms with Crippen LogP contribution in [0.2, 0.25) is 0 Å². The number of para-hydroxylation sites is 1. The minimum Gasteiger partial charge on any atom is -0.484 e. The van der Waals surface area contributed by atoms with Gasteiger partial charge >= 0.3 is 5.97 Å². The first-order chi connectivity index (χ1) is 13.1. The number of carbonyl (C=O) groups is 2. The zero-order valence-electron chi connectivity index (χ0n) is 14.5. The van der Waals surface area contributed by atoms with E-state index in [1.54, 1.807) is 24.3 Å². The largest absolute Gasteiger partial charge is 0.484 e. The average molecular weight is 387 g/mol. The lowest BCUT2D eigenvalue weighted by molar-refractivity contribution is -0.149. The first kappa shape index (κ1) is 18.6. The number of aromatic nitrogens is 2. The predicted molar refractivity (Wildman–Crippen MR) is 96.9 cm³/mol. The van der Waals surface area contributed by atoms with Gasteiger partial charge in [-0.25, -0.2) is 4.79 Å². The van der Waals surface area contributed by atoms with Gasteiger partial charge in [-0.1, -0.05) is 23.4 Å². The van der Waals surface area contributed by atoms with Crippen molar-refractivity contribution in [2.45, 2.75) is 19.6 Å². The van der Waals surface area contributed by atoms with Crippen molar-refractivity contribution in [3.8, 4) is 17.1 Å². The lowest BCUT2D eigenvalue weighted by atomic mass is 10.3. The predicted octanol–water partition coefficient (Wildman–Crippen LogP) is 2.42. The van der Waals surface area contributed by atoms with Gasteiger partial charge in [0, 0.05) is 10.9 Å². The molecule has 3 rings (SSSR count). The summed E-state index contributed by atoms with van der Waals surface area (Å²) in [5, 5.41) is 10.1. The van der Waals surface area contributed by atoms with Crippen molar-refractivity contribution >= 4 is 23.2 Å². The number of ether oxygens (including phenoxy) is 2. The van der Waals surface area contributed by atoms with Gasteiger partial charge in [-0.3, -0.25) is 4.79 Å². The van der Waals surface area contributed by atoms with Gasteiger partial charge in [0.25, 0.3) is 11.8 Å². The fourth-order valence-corrected chi connectivity index (χ4v) is 2.72. The summed E-state index contributed by atoms with van der Waals surface area (Å²) in [7, 11) is 0. The molecule has 2 aromatic heterocycles. The number of benzene rings is 1. The van der Waals surface area contributed by atoms with Gasteiger partial charge < -0.3 is 19.3 Å². The Morgan fingerprint density at radius 1 is 1.26 bits per heavy atom. The number of amides is 1. The molecule has 1 N–H and O–H groups in total. The van der Waals surface area contributed by atoms with Gasteiger partial charge in [-0.2, -0.15) is 16.3 Å². The fraction of sp³-hybridized carbons (Fsp3) is 0.222. The van der Waals surface area contributed by atoms with E-state index in [0.717, 1.165) is 5.56 Å². The van der Waals surface area contributed by atoms with Gasteiger partial charge in [-0.15, -0.1) is 0 Å². The molecular formula is C18H17N3O5S. The van der Waals surface area contributed by atoms with Crippen molar-refractivity contribution in [2.75, 3.05) is 6.61 Å². The maximum Gasteiger partial charge on any atom is 0.328 e. The number of rotatable bonds is 8. The van der Waals surface area contributed by atoms with E-state index in [2.05, 4.69) is 15.5 Å². The second-order valence-electron chi connectivity index (χ2n) is 5.52. The molecule has 1 amide bonds. The zero-order chi connectivity index (χ0) is 19.1. The number of thiophene rings is 1. The normalized spacial score (nSPS) is 11.6. The topological polar surface area (TPSA) is 104 Å². The lowest BCUT2D eigenvalue weighted by Gasteiger charge is -2.13. The number of hydrogen-bond acceptors (Lipinski definition) is 8. The Morgan fingerprint density at radius 3 is 2.81 bits per heavy atom. The van der Waals surface area contributed by atoms with E-state index in [1.807, 2.05) is 22.9 Å². The maximum absolute atomic E-state index is 12.0. The van der Waals surface area contributed by atoms with Crippen molar-refractivity contribution in [2.24, 2.45) is 0 Å². The molecule has 0 saturated heterocycles. The summed E-state index contributed by atoms with van der Waals surface area (Å²) in [6.07, 6.45) is 0. The zero-order valence-corrected chi connectivity index (χ0v) is 15.3. The van der Waals surface area contributed by atoms with Gasteiger partial charge in [0.2, 0.25) is 5.82 Å². The van der Waals surface area contributed by atoms with E-state index in [9.17, 15) is 9.59 Å². The molecule has 0 aliphatic heterocycles. The van der Waals surface area contributed by atoms with Crippen LogP contribution in [0.5, 0.6) is 5.75 Å². The molecule has 0 aliphatic carbocycles. The minimum absolute atomic E-state index is 0.170. The van der Waals surface area contributed by atoms with Gasteiger partial charge in [0.05, 0.1) is 0 Å². The summed E-state index contributed by atoms with van der Waals surface area (Å²) < 4.78 is 15.5. The van der Waals surface area contributed by atoms with Crippen LogP contribution in [0.3, 0.4) is 0 Å². The van der Waals surface area contributed by atoms with Crippen LogP contribution in [-0.2, 0) is 20.9 Å². The molecule has 1 unspecified atom stereocenters. The molecule has 140 valence electrons. The highest BCUT2D eigenvalue weighted by molar-refractivity contribution is 7.08. The highest BCUT2D eigenvalue weighted by Crippen LogP contribution is 2.18. The van der Waals surface area contributed by atoms with Crippen LogP contribution in [0.4, 0.5) is 0 Å². The van der Waals surface area contributed by atoms with Crippen LogP contribution in [0.15, 0.2) is 51.7 Å². The molecule has 0 spiro atoms. The number of nitrogens with zero attached hydrogens (tertiary/aromatic N) is 2. The van der Waals surface area contributed by atoms with Crippen LogP contribution in [0.25, 0.3) is 11.4 Å². The molecule has 27 heavy (non-hydrogen) atoms. The Kier molecular flexibility index (Phi) is 6.16. The smallest absolute Gasteiger partial charge is 0.328 e. The lowest BCUT2D eigenvalue weighted by Crippen LogP contribution is -2.41. The third kappa shape index (κ3) is 5.38. The van der Waals surface area contributed by atoms with Crippen molar-refractivity contribution in [3.05, 3.63) is 53.0 Å². The Balaban J connectivity index is 1.41. The number of hydrogen-bond donors (Lipinski definition) is 1. The van der Waals surface area contributed by atoms with Crippen molar-refractivity contribution in [1.82, 2.24) is 15.5 Å². The van der Waals surface area contributed by atoms with Crippen LogP contribution >= 0.6 is 11.3 Å². The fourth-order valence-electron chi connectivity index (χ4n) is 2.09. The summed E-state index contributed by atoms with van der Waals surface area (Å²) in [5.74, 6) is 0.136. The average Bonchev–Trinajstić information content (AvgIpc) is 3.36.